The average molecular weight is 307 g/mol. The standard InChI is InChI=1S/C10H12BrO4P/c1-2-15-16(13,14)7-10(12)8-4-3-5-9(11)6-8/h3-6H,2,7H2,1H3,(H,13,14). The molecule has 1 unspecified atom stereocenters. The van der Waals surface area contributed by atoms with Crippen LogP contribution in [-0.2, 0) is 9.09 Å². The van der Waals surface area contributed by atoms with Crippen molar-refractivity contribution in [3.63, 3.8) is 0 Å². The summed E-state index contributed by atoms with van der Waals surface area (Å²) in [5.41, 5.74) is 0.392. The summed E-state index contributed by atoms with van der Waals surface area (Å²) in [5.74, 6) is -0.402. The molecular weight excluding hydrogens is 295 g/mol. The Labute approximate surface area is 102 Å². The Morgan fingerprint density at radius 2 is 2.25 bits per heavy atom. The molecule has 0 aliphatic rings. The van der Waals surface area contributed by atoms with Crippen LogP contribution in [0, 0.1) is 0 Å². The lowest BCUT2D eigenvalue weighted by molar-refractivity contribution is 0.101. The fraction of sp³-hybridized carbons (Fsp3) is 0.300. The summed E-state index contributed by atoms with van der Waals surface area (Å²) in [7, 11) is -3.79. The molecule has 0 fully saturated rings. The molecule has 16 heavy (non-hydrogen) atoms. The normalized spacial score (nSPS) is 14.4. The number of hydrogen-bond acceptors (Lipinski definition) is 3. The van der Waals surface area contributed by atoms with Crippen molar-refractivity contribution >= 4 is 29.3 Å². The van der Waals surface area contributed by atoms with Gasteiger partial charge in [0, 0.05) is 10.0 Å². The van der Waals surface area contributed by atoms with Crippen LogP contribution in [0.25, 0.3) is 0 Å². The van der Waals surface area contributed by atoms with Crippen LogP contribution >= 0.6 is 23.5 Å². The maximum Gasteiger partial charge on any atom is 0.335 e. The molecule has 1 aromatic rings. The topological polar surface area (TPSA) is 63.6 Å². The Kier molecular flexibility index (Phi) is 4.87. The molecule has 1 N–H and O–H groups in total. The summed E-state index contributed by atoms with van der Waals surface area (Å²) in [4.78, 5) is 21.0. The minimum Gasteiger partial charge on any atom is -0.324 e. The molecule has 0 saturated carbocycles. The second kappa shape index (κ2) is 5.73. The summed E-state index contributed by atoms with van der Waals surface area (Å²) in [5, 5.41) is 0. The average Bonchev–Trinajstić information content (AvgIpc) is 2.16. The van der Waals surface area contributed by atoms with E-state index in [0.29, 0.717) is 5.56 Å². The molecule has 88 valence electrons. The minimum atomic E-state index is -3.79. The highest BCUT2D eigenvalue weighted by atomic mass is 79.9. The molecule has 0 bridgehead atoms. The zero-order valence-electron chi connectivity index (χ0n) is 8.72. The highest BCUT2D eigenvalue weighted by molar-refractivity contribution is 9.10. The molecule has 4 nitrogen and oxygen atoms in total. The monoisotopic (exact) mass is 306 g/mol. The third-order valence-electron chi connectivity index (χ3n) is 1.82. The number of hydrogen-bond donors (Lipinski definition) is 1. The van der Waals surface area contributed by atoms with E-state index in [2.05, 4.69) is 20.5 Å². The van der Waals surface area contributed by atoms with Crippen molar-refractivity contribution < 1.29 is 18.8 Å². The smallest absolute Gasteiger partial charge is 0.324 e. The van der Waals surface area contributed by atoms with E-state index in [-0.39, 0.29) is 6.61 Å². The molecule has 0 aliphatic carbocycles. The van der Waals surface area contributed by atoms with E-state index in [0.717, 1.165) is 4.47 Å². The quantitative estimate of drug-likeness (QED) is 0.671. The van der Waals surface area contributed by atoms with Crippen LogP contribution in [0.1, 0.15) is 17.3 Å². The zero-order valence-corrected chi connectivity index (χ0v) is 11.2. The van der Waals surface area contributed by atoms with Gasteiger partial charge in [0.1, 0.15) is 6.16 Å². The Morgan fingerprint density at radius 1 is 1.56 bits per heavy atom. The van der Waals surface area contributed by atoms with Gasteiger partial charge < -0.3 is 9.42 Å². The number of carbonyl (C=O) groups excluding carboxylic acids is 1. The maximum atomic E-state index is 11.7. The number of carbonyl (C=O) groups is 1. The zero-order chi connectivity index (χ0) is 12.2. The predicted octanol–water partition coefficient (Wildman–Crippen LogP) is 2.85. The van der Waals surface area contributed by atoms with Crippen molar-refractivity contribution in [2.75, 3.05) is 12.8 Å². The second-order valence-corrected chi connectivity index (χ2v) is 5.91. The van der Waals surface area contributed by atoms with Crippen LogP contribution in [0.5, 0.6) is 0 Å². The summed E-state index contributed by atoms with van der Waals surface area (Å²) >= 11 is 3.23. The molecule has 0 radical (unpaired) electrons. The Hall–Kier alpha value is -0.480. The van der Waals surface area contributed by atoms with Gasteiger partial charge in [-0.25, -0.2) is 0 Å². The molecule has 1 rings (SSSR count). The van der Waals surface area contributed by atoms with Crippen molar-refractivity contribution in [1.82, 2.24) is 0 Å². The molecular formula is C10H12BrO4P. The van der Waals surface area contributed by atoms with Gasteiger partial charge in [0.25, 0.3) is 0 Å². The van der Waals surface area contributed by atoms with Gasteiger partial charge in [-0.15, -0.1) is 0 Å². The lowest BCUT2D eigenvalue weighted by Gasteiger charge is -2.09. The summed E-state index contributed by atoms with van der Waals surface area (Å²) < 4.78 is 16.8. The summed E-state index contributed by atoms with van der Waals surface area (Å²) in [6, 6.07) is 6.67. The second-order valence-electron chi connectivity index (χ2n) is 3.15. The molecule has 6 heteroatoms. The van der Waals surface area contributed by atoms with E-state index in [1.807, 2.05) is 0 Å². The predicted molar refractivity (Wildman–Crippen MR) is 64.8 cm³/mol. The number of benzene rings is 1. The summed E-state index contributed by atoms with van der Waals surface area (Å²) in [6.07, 6.45) is -0.489. The highest BCUT2D eigenvalue weighted by Crippen LogP contribution is 2.42. The molecule has 0 heterocycles. The molecule has 0 amide bonds. The first-order chi connectivity index (χ1) is 7.44. The van der Waals surface area contributed by atoms with Gasteiger partial charge in [-0.1, -0.05) is 28.1 Å². The SMILES string of the molecule is CCOP(=O)(O)CC(=O)c1cccc(Br)c1. The molecule has 0 aliphatic heterocycles. The fourth-order valence-electron chi connectivity index (χ4n) is 1.18. The van der Waals surface area contributed by atoms with E-state index >= 15 is 0 Å². The van der Waals surface area contributed by atoms with Crippen molar-refractivity contribution in [1.29, 1.82) is 0 Å². The van der Waals surface area contributed by atoms with Crippen molar-refractivity contribution in [3.05, 3.63) is 34.3 Å². The van der Waals surface area contributed by atoms with E-state index in [1.165, 1.54) is 0 Å². The molecule has 1 aromatic carbocycles. The number of rotatable bonds is 5. The van der Waals surface area contributed by atoms with E-state index in [1.54, 1.807) is 31.2 Å². The maximum absolute atomic E-state index is 11.7. The minimum absolute atomic E-state index is 0.111. The van der Waals surface area contributed by atoms with Crippen molar-refractivity contribution in [2.24, 2.45) is 0 Å². The molecule has 0 aromatic heterocycles. The molecule has 0 saturated heterocycles. The number of halogens is 1. The van der Waals surface area contributed by atoms with Gasteiger partial charge in [-0.2, -0.15) is 0 Å². The number of ketones is 1. The Balaban J connectivity index is 2.77. The van der Waals surface area contributed by atoms with Crippen LogP contribution in [0.15, 0.2) is 28.7 Å². The third-order valence-corrected chi connectivity index (χ3v) is 3.66. The van der Waals surface area contributed by atoms with Gasteiger partial charge in [0.2, 0.25) is 0 Å². The lowest BCUT2D eigenvalue weighted by Crippen LogP contribution is -2.07. The van der Waals surface area contributed by atoms with Crippen LogP contribution in [0.3, 0.4) is 0 Å². The van der Waals surface area contributed by atoms with Gasteiger partial charge in [-0.3, -0.25) is 9.36 Å². The first-order valence-electron chi connectivity index (χ1n) is 4.70. The number of Topliss-reactive ketones (excluding diaryl/α,β-unsaturated/α-hetero) is 1. The Bertz CT molecular complexity index is 433. The van der Waals surface area contributed by atoms with Gasteiger partial charge in [0.05, 0.1) is 6.61 Å². The van der Waals surface area contributed by atoms with Gasteiger partial charge in [0.15, 0.2) is 5.78 Å². The molecule has 0 spiro atoms. The largest absolute Gasteiger partial charge is 0.335 e. The molecule has 1 atom stereocenters. The van der Waals surface area contributed by atoms with Crippen molar-refractivity contribution in [3.8, 4) is 0 Å². The van der Waals surface area contributed by atoms with Gasteiger partial charge >= 0.3 is 7.60 Å². The Morgan fingerprint density at radius 3 is 2.81 bits per heavy atom. The van der Waals surface area contributed by atoms with Crippen molar-refractivity contribution in [2.45, 2.75) is 6.92 Å². The first kappa shape index (κ1) is 13.6. The lowest BCUT2D eigenvalue weighted by atomic mass is 10.2. The van der Waals surface area contributed by atoms with Crippen LogP contribution in [0.4, 0.5) is 0 Å². The first-order valence-corrected chi connectivity index (χ1v) is 7.25. The van der Waals surface area contributed by atoms with Gasteiger partial charge in [-0.05, 0) is 19.1 Å². The van der Waals surface area contributed by atoms with E-state index in [4.69, 9.17) is 0 Å². The van der Waals surface area contributed by atoms with Crippen LogP contribution < -0.4 is 0 Å². The highest BCUT2D eigenvalue weighted by Gasteiger charge is 2.24. The van der Waals surface area contributed by atoms with E-state index in [9.17, 15) is 14.3 Å². The fourth-order valence-corrected chi connectivity index (χ4v) is 2.62. The van der Waals surface area contributed by atoms with Crippen LogP contribution in [0.2, 0.25) is 0 Å². The summed E-state index contributed by atoms with van der Waals surface area (Å²) in [6.45, 7) is 1.71. The van der Waals surface area contributed by atoms with E-state index < -0.39 is 19.5 Å². The third kappa shape index (κ3) is 4.18. The van der Waals surface area contributed by atoms with Crippen LogP contribution in [-0.4, -0.2) is 23.4 Å².